The highest BCUT2D eigenvalue weighted by Crippen LogP contribution is 2.09. The third kappa shape index (κ3) is 10.3. The lowest BCUT2D eigenvalue weighted by Crippen LogP contribution is -2.45. The molecule has 31 heavy (non-hydrogen) atoms. The van der Waals surface area contributed by atoms with E-state index < -0.39 is 18.0 Å². The Bertz CT molecular complexity index is 844. The lowest BCUT2D eigenvalue weighted by atomic mass is 10.1. The minimum atomic E-state index is -0.728. The number of nitrogens with two attached hydrogens (primary N) is 1. The molecular weight excluding hydrogens is 509 g/mol. The van der Waals surface area contributed by atoms with E-state index in [4.69, 9.17) is 10.5 Å². The van der Waals surface area contributed by atoms with Crippen LogP contribution in [0.15, 0.2) is 54.6 Å². The van der Waals surface area contributed by atoms with Crippen LogP contribution in [0, 0.1) is 3.57 Å². The van der Waals surface area contributed by atoms with E-state index in [1.807, 2.05) is 54.6 Å². The van der Waals surface area contributed by atoms with E-state index in [-0.39, 0.29) is 12.5 Å². The van der Waals surface area contributed by atoms with Crippen molar-refractivity contribution in [1.29, 1.82) is 0 Å². The SMILES string of the molecule is NC(=O)[C@H](Cc1ccc(I)cc1)NC(=O)CCCCCNC(=O)OCc1ccccc1. The van der Waals surface area contributed by atoms with Gasteiger partial charge in [-0.2, -0.15) is 0 Å². The van der Waals surface area contributed by atoms with Crippen molar-refractivity contribution in [3.63, 3.8) is 0 Å². The van der Waals surface area contributed by atoms with Crippen LogP contribution in [0.5, 0.6) is 0 Å². The highest BCUT2D eigenvalue weighted by molar-refractivity contribution is 14.1. The summed E-state index contributed by atoms with van der Waals surface area (Å²) < 4.78 is 6.23. The maximum atomic E-state index is 12.2. The number of benzene rings is 2. The molecule has 0 aromatic heterocycles. The smallest absolute Gasteiger partial charge is 0.407 e. The van der Waals surface area contributed by atoms with Gasteiger partial charge in [0.2, 0.25) is 11.8 Å². The Hall–Kier alpha value is -2.62. The molecule has 0 aliphatic heterocycles. The van der Waals surface area contributed by atoms with Crippen molar-refractivity contribution in [2.75, 3.05) is 6.54 Å². The van der Waals surface area contributed by atoms with Gasteiger partial charge < -0.3 is 21.1 Å². The van der Waals surface area contributed by atoms with Crippen LogP contribution in [0.3, 0.4) is 0 Å². The Labute approximate surface area is 196 Å². The van der Waals surface area contributed by atoms with Crippen molar-refractivity contribution in [2.24, 2.45) is 5.73 Å². The van der Waals surface area contributed by atoms with Gasteiger partial charge in [-0.3, -0.25) is 9.59 Å². The van der Waals surface area contributed by atoms with Crippen LogP contribution in [-0.2, 0) is 27.4 Å². The number of nitrogens with one attached hydrogen (secondary N) is 2. The summed E-state index contributed by atoms with van der Waals surface area (Å²) in [5, 5.41) is 5.41. The summed E-state index contributed by atoms with van der Waals surface area (Å²) in [6.07, 6.45) is 2.37. The summed E-state index contributed by atoms with van der Waals surface area (Å²) in [6, 6.07) is 16.5. The van der Waals surface area contributed by atoms with Crippen molar-refractivity contribution in [1.82, 2.24) is 10.6 Å². The fourth-order valence-electron chi connectivity index (χ4n) is 2.90. The van der Waals surface area contributed by atoms with Crippen molar-refractivity contribution >= 4 is 40.5 Å². The average Bonchev–Trinajstić information content (AvgIpc) is 2.76. The second-order valence-electron chi connectivity index (χ2n) is 7.15. The molecule has 7 nitrogen and oxygen atoms in total. The number of amides is 3. The maximum Gasteiger partial charge on any atom is 0.407 e. The van der Waals surface area contributed by atoms with E-state index in [1.165, 1.54) is 0 Å². The van der Waals surface area contributed by atoms with E-state index in [2.05, 4.69) is 33.2 Å². The highest BCUT2D eigenvalue weighted by Gasteiger charge is 2.18. The largest absolute Gasteiger partial charge is 0.445 e. The van der Waals surface area contributed by atoms with Gasteiger partial charge in [-0.05, 0) is 58.7 Å². The van der Waals surface area contributed by atoms with Crippen molar-refractivity contribution in [3.8, 4) is 0 Å². The van der Waals surface area contributed by atoms with Gasteiger partial charge >= 0.3 is 6.09 Å². The van der Waals surface area contributed by atoms with Crippen LogP contribution in [0.1, 0.15) is 36.8 Å². The molecule has 166 valence electrons. The molecule has 0 unspecified atom stereocenters. The first-order chi connectivity index (χ1) is 14.9. The van der Waals surface area contributed by atoms with E-state index in [0.717, 1.165) is 27.5 Å². The number of halogens is 1. The minimum Gasteiger partial charge on any atom is -0.445 e. The summed E-state index contributed by atoms with van der Waals surface area (Å²) >= 11 is 2.21. The van der Waals surface area contributed by atoms with Crippen LogP contribution < -0.4 is 16.4 Å². The fraction of sp³-hybridized carbons (Fsp3) is 0.348. The second kappa shape index (κ2) is 13.6. The first-order valence-corrected chi connectivity index (χ1v) is 11.3. The zero-order valence-corrected chi connectivity index (χ0v) is 19.5. The van der Waals surface area contributed by atoms with Gasteiger partial charge in [0.1, 0.15) is 12.6 Å². The number of alkyl carbamates (subject to hydrolysis) is 1. The standard InChI is InChI=1S/C23H28IN3O4/c24-19-12-10-17(11-13-19)15-20(22(25)29)27-21(28)9-5-2-6-14-26-23(30)31-16-18-7-3-1-4-8-18/h1,3-4,7-8,10-13,20H,2,5-6,9,14-16H2,(H2,25,29)(H,26,30)(H,27,28)/t20-/m0/s1. The van der Waals surface area contributed by atoms with E-state index >= 15 is 0 Å². The van der Waals surface area contributed by atoms with Crippen molar-refractivity contribution < 1.29 is 19.1 Å². The summed E-state index contributed by atoms with van der Waals surface area (Å²) in [5.74, 6) is -0.755. The normalized spacial score (nSPS) is 11.4. The van der Waals surface area contributed by atoms with Gasteiger partial charge in [-0.25, -0.2) is 4.79 Å². The molecule has 2 aromatic rings. The average molecular weight is 537 g/mol. The van der Waals surface area contributed by atoms with Crippen LogP contribution in [-0.4, -0.2) is 30.5 Å². The molecule has 0 bridgehead atoms. The Morgan fingerprint density at radius 2 is 1.65 bits per heavy atom. The molecule has 0 saturated carbocycles. The summed E-state index contributed by atoms with van der Waals surface area (Å²) in [4.78, 5) is 35.5. The predicted molar refractivity (Wildman–Crippen MR) is 127 cm³/mol. The molecule has 8 heteroatoms. The zero-order valence-electron chi connectivity index (χ0n) is 17.3. The molecule has 0 aliphatic rings. The fourth-order valence-corrected chi connectivity index (χ4v) is 3.26. The van der Waals surface area contributed by atoms with E-state index in [0.29, 0.717) is 25.8 Å². The topological polar surface area (TPSA) is 111 Å². The minimum absolute atomic E-state index is 0.204. The monoisotopic (exact) mass is 537 g/mol. The Morgan fingerprint density at radius 1 is 0.935 bits per heavy atom. The van der Waals surface area contributed by atoms with Crippen LogP contribution in [0.4, 0.5) is 4.79 Å². The first-order valence-electron chi connectivity index (χ1n) is 10.2. The summed E-state index contributed by atoms with van der Waals surface area (Å²) in [7, 11) is 0. The molecule has 0 aliphatic carbocycles. The van der Waals surface area contributed by atoms with Crippen LogP contribution in [0.25, 0.3) is 0 Å². The number of carbonyl (C=O) groups excluding carboxylic acids is 3. The number of hydrogen-bond acceptors (Lipinski definition) is 4. The Balaban J connectivity index is 1.57. The highest BCUT2D eigenvalue weighted by atomic mass is 127. The molecule has 2 rings (SSSR count). The molecule has 0 radical (unpaired) electrons. The zero-order chi connectivity index (χ0) is 22.5. The number of rotatable bonds is 12. The number of unbranched alkanes of at least 4 members (excludes halogenated alkanes) is 2. The summed E-state index contributed by atoms with van der Waals surface area (Å²) in [6.45, 7) is 0.710. The van der Waals surface area contributed by atoms with Crippen LogP contribution >= 0.6 is 22.6 Å². The molecule has 2 aromatic carbocycles. The quantitative estimate of drug-likeness (QED) is 0.285. The molecule has 4 N–H and O–H groups in total. The van der Waals surface area contributed by atoms with E-state index in [9.17, 15) is 14.4 Å². The van der Waals surface area contributed by atoms with Gasteiger partial charge in [0.25, 0.3) is 0 Å². The molecule has 0 fully saturated rings. The molecule has 0 spiro atoms. The third-order valence-electron chi connectivity index (χ3n) is 4.59. The number of primary amides is 1. The van der Waals surface area contributed by atoms with Gasteiger partial charge in [0, 0.05) is 23.0 Å². The molecule has 1 atom stereocenters. The third-order valence-corrected chi connectivity index (χ3v) is 5.31. The number of hydrogen-bond donors (Lipinski definition) is 3. The van der Waals surface area contributed by atoms with Gasteiger partial charge in [-0.1, -0.05) is 48.9 Å². The number of ether oxygens (including phenoxy) is 1. The Morgan fingerprint density at radius 3 is 2.32 bits per heavy atom. The van der Waals surface area contributed by atoms with Crippen LogP contribution in [0.2, 0.25) is 0 Å². The van der Waals surface area contributed by atoms with Gasteiger partial charge in [0.05, 0.1) is 0 Å². The lowest BCUT2D eigenvalue weighted by Gasteiger charge is -2.15. The lowest BCUT2D eigenvalue weighted by molar-refractivity contribution is -0.127. The number of carbonyl (C=O) groups is 3. The second-order valence-corrected chi connectivity index (χ2v) is 8.40. The summed E-state index contributed by atoms with van der Waals surface area (Å²) in [5.41, 5.74) is 7.31. The predicted octanol–water partition coefficient (Wildman–Crippen LogP) is 3.29. The van der Waals surface area contributed by atoms with Crippen molar-refractivity contribution in [2.45, 2.75) is 44.8 Å². The van der Waals surface area contributed by atoms with Crippen molar-refractivity contribution in [3.05, 3.63) is 69.3 Å². The molecule has 0 heterocycles. The van der Waals surface area contributed by atoms with E-state index in [1.54, 1.807) is 0 Å². The van der Waals surface area contributed by atoms with Gasteiger partial charge in [-0.15, -0.1) is 0 Å². The molecule has 3 amide bonds. The Kier molecular flexibility index (Phi) is 10.8. The molecular formula is C23H28IN3O4. The molecule has 0 saturated heterocycles. The van der Waals surface area contributed by atoms with Gasteiger partial charge in [0.15, 0.2) is 0 Å². The maximum absolute atomic E-state index is 12.2. The first kappa shape index (κ1) is 24.6.